The van der Waals surface area contributed by atoms with E-state index in [1.54, 1.807) is 0 Å². The van der Waals surface area contributed by atoms with Crippen LogP contribution in [0.5, 0.6) is 0 Å². The van der Waals surface area contributed by atoms with Crippen LogP contribution in [0.15, 0.2) is 11.1 Å². The Morgan fingerprint density at radius 2 is 1.86 bits per heavy atom. The zero-order valence-corrected chi connectivity index (χ0v) is 18.8. The number of hydrogen-bond acceptors (Lipinski definition) is 2. The first-order valence-corrected chi connectivity index (χ1v) is 11.8. The maximum absolute atomic E-state index is 13.2. The van der Waals surface area contributed by atoms with Gasteiger partial charge in [-0.3, -0.25) is 14.0 Å². The summed E-state index contributed by atoms with van der Waals surface area (Å²) < 4.78 is 1.26. The number of amides is 1. The largest absolute Gasteiger partial charge is 0.294 e. The lowest BCUT2D eigenvalue weighted by Crippen LogP contribution is -2.50. The minimum Gasteiger partial charge on any atom is -0.294 e. The van der Waals surface area contributed by atoms with Crippen LogP contribution in [0.25, 0.3) is 0 Å². The fourth-order valence-electron chi connectivity index (χ4n) is 7.48. The van der Waals surface area contributed by atoms with Gasteiger partial charge in [0.25, 0.3) is 5.91 Å². The topological polar surface area (TPSA) is 37.4 Å². The van der Waals surface area contributed by atoms with Crippen molar-refractivity contribution >= 4 is 23.5 Å². The third-order valence-corrected chi connectivity index (χ3v) is 9.16. The summed E-state index contributed by atoms with van der Waals surface area (Å²) in [6.45, 7) is 9.44. The van der Waals surface area contributed by atoms with E-state index in [0.717, 1.165) is 36.7 Å². The average molecular weight is 406 g/mol. The van der Waals surface area contributed by atoms with E-state index in [9.17, 15) is 9.59 Å². The van der Waals surface area contributed by atoms with Crippen LogP contribution in [0, 0.1) is 34.5 Å². The summed E-state index contributed by atoms with van der Waals surface area (Å²) >= 11 is 6.33. The molecule has 156 valence electrons. The van der Waals surface area contributed by atoms with E-state index >= 15 is 0 Å². The Balaban J connectivity index is 1.69. The van der Waals surface area contributed by atoms with Gasteiger partial charge in [0.2, 0.25) is 0 Å². The lowest BCUT2D eigenvalue weighted by molar-refractivity contribution is -0.128. The predicted molar refractivity (Wildman–Crippen MR) is 113 cm³/mol. The lowest BCUT2D eigenvalue weighted by atomic mass is 9.47. The molecule has 0 heterocycles. The van der Waals surface area contributed by atoms with Gasteiger partial charge in [-0.15, -0.1) is 0 Å². The molecular formula is C24H36ClNO2. The highest BCUT2D eigenvalue weighted by Crippen LogP contribution is 2.65. The highest BCUT2D eigenvalue weighted by atomic mass is 35.5. The molecule has 0 aliphatic heterocycles. The highest BCUT2D eigenvalue weighted by molar-refractivity contribution is 6.30. The van der Waals surface area contributed by atoms with Gasteiger partial charge in [-0.05, 0) is 85.0 Å². The molecule has 28 heavy (non-hydrogen) atoms. The lowest BCUT2D eigenvalue weighted by Gasteiger charge is -2.57. The van der Waals surface area contributed by atoms with Crippen molar-refractivity contribution < 1.29 is 9.59 Å². The van der Waals surface area contributed by atoms with E-state index < -0.39 is 0 Å². The van der Waals surface area contributed by atoms with Crippen LogP contribution in [0.1, 0.15) is 85.5 Å². The van der Waals surface area contributed by atoms with E-state index in [-0.39, 0.29) is 23.0 Å². The van der Waals surface area contributed by atoms with Crippen molar-refractivity contribution in [3.05, 3.63) is 11.1 Å². The second-order valence-electron chi connectivity index (χ2n) is 10.9. The van der Waals surface area contributed by atoms with Gasteiger partial charge in [-0.2, -0.15) is 0 Å². The van der Waals surface area contributed by atoms with Gasteiger partial charge in [-0.25, -0.2) is 0 Å². The summed E-state index contributed by atoms with van der Waals surface area (Å²) in [7, 11) is 0. The van der Waals surface area contributed by atoms with Crippen molar-refractivity contribution in [1.29, 1.82) is 0 Å². The molecule has 4 rings (SSSR count). The molecule has 3 nitrogen and oxygen atoms in total. The Morgan fingerprint density at radius 1 is 1.11 bits per heavy atom. The van der Waals surface area contributed by atoms with Crippen molar-refractivity contribution in [2.75, 3.05) is 6.54 Å². The molecule has 4 aliphatic carbocycles. The van der Waals surface area contributed by atoms with Gasteiger partial charge < -0.3 is 0 Å². The minimum atomic E-state index is -0.249. The first-order valence-electron chi connectivity index (χ1n) is 11.4. The number of hydrogen-bond donors (Lipinski definition) is 0. The molecule has 5 atom stereocenters. The molecule has 4 aliphatic rings. The fraction of sp³-hybridized carbons (Fsp3) is 0.833. The first kappa shape index (κ1) is 20.4. The number of ketones is 1. The molecule has 0 aromatic rings. The molecule has 0 aromatic heterocycles. The van der Waals surface area contributed by atoms with Crippen molar-refractivity contribution in [3.8, 4) is 0 Å². The van der Waals surface area contributed by atoms with E-state index in [1.807, 2.05) is 13.8 Å². The summed E-state index contributed by atoms with van der Waals surface area (Å²) in [4.78, 5) is 26.0. The van der Waals surface area contributed by atoms with E-state index in [2.05, 4.69) is 13.8 Å². The van der Waals surface area contributed by atoms with Gasteiger partial charge >= 0.3 is 0 Å². The number of fused-ring (bicyclic) bond motifs is 5. The van der Waals surface area contributed by atoms with Crippen molar-refractivity contribution in [1.82, 2.24) is 4.42 Å². The maximum Gasteiger partial charge on any atom is 0.271 e. The molecule has 0 aromatic carbocycles. The second-order valence-corrected chi connectivity index (χ2v) is 11.3. The van der Waals surface area contributed by atoms with Crippen LogP contribution < -0.4 is 0 Å². The van der Waals surface area contributed by atoms with Gasteiger partial charge in [0.1, 0.15) is 0 Å². The number of carbonyl (C=O) groups is 2. The third-order valence-electron chi connectivity index (χ3n) is 8.87. The van der Waals surface area contributed by atoms with Crippen molar-refractivity contribution in [2.45, 2.75) is 85.5 Å². The molecule has 0 unspecified atom stereocenters. The molecule has 0 bridgehead atoms. The van der Waals surface area contributed by atoms with Crippen LogP contribution >= 0.6 is 11.8 Å². The summed E-state index contributed by atoms with van der Waals surface area (Å²) in [6, 6.07) is 0. The number of carbonyl (C=O) groups excluding carboxylic acids is 2. The molecular weight excluding hydrogens is 370 g/mol. The molecule has 0 radical (unpaired) electrons. The molecule has 3 fully saturated rings. The Hall–Kier alpha value is -0.830. The Bertz CT molecular complexity index is 713. The third kappa shape index (κ3) is 3.07. The zero-order chi connectivity index (χ0) is 20.3. The first-order chi connectivity index (χ1) is 13.2. The zero-order valence-electron chi connectivity index (χ0n) is 18.0. The molecule has 0 saturated heterocycles. The van der Waals surface area contributed by atoms with Gasteiger partial charge in [0.05, 0.1) is 5.57 Å². The normalized spacial score (nSPS) is 40.2. The maximum atomic E-state index is 13.2. The SMILES string of the molecule is CC(C)CN(Cl)C(=O)C1=C2CC[C@@H]3[C@@H](CC[C@]4(C)CCC[C@@H]34)[C@@]2(C)CCC1=O. The van der Waals surface area contributed by atoms with Crippen LogP contribution in [0.3, 0.4) is 0 Å². The smallest absolute Gasteiger partial charge is 0.271 e. The molecule has 0 N–H and O–H groups in total. The molecule has 0 spiro atoms. The van der Waals surface area contributed by atoms with E-state index in [0.29, 0.717) is 29.9 Å². The Morgan fingerprint density at radius 3 is 2.57 bits per heavy atom. The highest BCUT2D eigenvalue weighted by Gasteiger charge is 2.57. The standard InChI is InChI=1S/C24H36ClNO2/c1-15(2)14-26(25)22(28)21-19-8-7-16-17-6-5-11-23(17,3)12-9-18(16)24(19,4)13-10-20(21)27/h15-18H,5-14H2,1-4H3/t16-,17-,18+,23-,24+/m0/s1. The number of Topliss-reactive ketones (excluding diaryl/α,β-unsaturated/α-hetero) is 1. The van der Waals surface area contributed by atoms with E-state index in [1.165, 1.54) is 36.5 Å². The van der Waals surface area contributed by atoms with Gasteiger partial charge in [-0.1, -0.05) is 34.1 Å². The van der Waals surface area contributed by atoms with Crippen LogP contribution in [-0.2, 0) is 9.59 Å². The molecule has 4 heteroatoms. The number of rotatable bonds is 3. The number of halogens is 1. The molecule has 3 saturated carbocycles. The van der Waals surface area contributed by atoms with Gasteiger partial charge in [0, 0.05) is 24.7 Å². The summed E-state index contributed by atoms with van der Waals surface area (Å²) in [5, 5.41) is 0. The Kier molecular flexibility index (Phi) is 5.22. The van der Waals surface area contributed by atoms with Crippen molar-refractivity contribution in [2.24, 2.45) is 34.5 Å². The quantitative estimate of drug-likeness (QED) is 0.431. The monoisotopic (exact) mass is 405 g/mol. The van der Waals surface area contributed by atoms with Crippen LogP contribution in [-0.4, -0.2) is 22.7 Å². The number of allylic oxidation sites excluding steroid dienone is 1. The second kappa shape index (κ2) is 7.15. The number of nitrogens with zero attached hydrogens (tertiary/aromatic N) is 1. The van der Waals surface area contributed by atoms with Gasteiger partial charge in [0.15, 0.2) is 5.78 Å². The van der Waals surface area contributed by atoms with Crippen LogP contribution in [0.4, 0.5) is 0 Å². The minimum absolute atomic E-state index is 0.00129. The summed E-state index contributed by atoms with van der Waals surface area (Å²) in [5.74, 6) is 2.28. The predicted octanol–water partition coefficient (Wildman–Crippen LogP) is 5.92. The summed E-state index contributed by atoms with van der Waals surface area (Å²) in [5.41, 5.74) is 2.13. The van der Waals surface area contributed by atoms with Crippen molar-refractivity contribution in [3.63, 3.8) is 0 Å². The Labute approximate surface area is 175 Å². The van der Waals surface area contributed by atoms with Crippen LogP contribution in [0.2, 0.25) is 0 Å². The average Bonchev–Trinajstić information content (AvgIpc) is 3.03. The molecule has 1 amide bonds. The fourth-order valence-corrected chi connectivity index (χ4v) is 7.84. The summed E-state index contributed by atoms with van der Waals surface area (Å²) in [6.07, 6.45) is 10.2. The van der Waals surface area contributed by atoms with E-state index in [4.69, 9.17) is 11.8 Å².